The first-order chi connectivity index (χ1) is 9.15. The number of rotatable bonds is 3. The third-order valence-corrected chi connectivity index (χ3v) is 2.61. The summed E-state index contributed by atoms with van der Waals surface area (Å²) in [6.45, 7) is 1.90. The second-order valence-corrected chi connectivity index (χ2v) is 3.85. The minimum Gasteiger partial charge on any atom is -0.456 e. The Balaban J connectivity index is 2.24. The van der Waals surface area contributed by atoms with E-state index in [1.807, 2.05) is 6.92 Å². The molecule has 4 nitrogen and oxygen atoms in total. The van der Waals surface area contributed by atoms with E-state index in [1.54, 1.807) is 18.2 Å². The van der Waals surface area contributed by atoms with Crippen LogP contribution in [-0.4, -0.2) is 5.91 Å². The molecule has 0 unspecified atom stereocenters. The van der Waals surface area contributed by atoms with Crippen LogP contribution in [0.25, 0.3) is 0 Å². The maximum Gasteiger partial charge on any atom is 0.291 e. The largest absolute Gasteiger partial charge is 0.456 e. The standard InChI is InChI=1S/C14H11FN2O2/c1-2-9-6-7-13(19-9)14(18)17-12-5-3-4-11(15)10(12)8-16/h3-7H,2H2,1H3,(H,17,18). The molecular formula is C14H11FN2O2. The highest BCUT2D eigenvalue weighted by Crippen LogP contribution is 2.19. The van der Waals surface area contributed by atoms with Crippen molar-refractivity contribution in [2.45, 2.75) is 13.3 Å². The minimum atomic E-state index is -0.672. The fourth-order valence-corrected chi connectivity index (χ4v) is 1.62. The summed E-state index contributed by atoms with van der Waals surface area (Å²) in [5.41, 5.74) is -0.0694. The van der Waals surface area contributed by atoms with Gasteiger partial charge in [-0.15, -0.1) is 0 Å². The lowest BCUT2D eigenvalue weighted by Gasteiger charge is -2.05. The molecule has 0 fully saturated rings. The van der Waals surface area contributed by atoms with Gasteiger partial charge < -0.3 is 9.73 Å². The summed E-state index contributed by atoms with van der Waals surface area (Å²) in [5.74, 6) is -0.370. The summed E-state index contributed by atoms with van der Waals surface area (Å²) in [4.78, 5) is 11.9. The topological polar surface area (TPSA) is 66.0 Å². The summed E-state index contributed by atoms with van der Waals surface area (Å²) in [5, 5.41) is 11.3. The Labute approximate surface area is 109 Å². The first kappa shape index (κ1) is 12.8. The van der Waals surface area contributed by atoms with E-state index in [1.165, 1.54) is 12.1 Å². The van der Waals surface area contributed by atoms with Crippen LogP contribution in [0.3, 0.4) is 0 Å². The predicted octanol–water partition coefficient (Wildman–Crippen LogP) is 3.11. The van der Waals surface area contributed by atoms with Crippen molar-refractivity contribution >= 4 is 11.6 Å². The number of nitrogens with zero attached hydrogens (tertiary/aromatic N) is 1. The molecule has 1 heterocycles. The third-order valence-electron chi connectivity index (χ3n) is 2.61. The number of furan rings is 1. The summed E-state index contributed by atoms with van der Waals surface area (Å²) in [6.07, 6.45) is 0.677. The average Bonchev–Trinajstić information content (AvgIpc) is 2.88. The average molecular weight is 258 g/mol. The lowest BCUT2D eigenvalue weighted by molar-refractivity contribution is 0.0995. The zero-order valence-corrected chi connectivity index (χ0v) is 10.2. The first-order valence-corrected chi connectivity index (χ1v) is 5.74. The van der Waals surface area contributed by atoms with E-state index in [0.29, 0.717) is 12.2 Å². The van der Waals surface area contributed by atoms with Crippen LogP contribution in [0, 0.1) is 17.1 Å². The summed E-state index contributed by atoms with van der Waals surface area (Å²) in [6, 6.07) is 9.00. The van der Waals surface area contributed by atoms with Crippen LogP contribution >= 0.6 is 0 Å². The second kappa shape index (κ2) is 5.36. The van der Waals surface area contributed by atoms with Crippen LogP contribution < -0.4 is 5.32 Å². The highest BCUT2D eigenvalue weighted by molar-refractivity contribution is 6.03. The van der Waals surface area contributed by atoms with Gasteiger partial charge in [-0.2, -0.15) is 5.26 Å². The van der Waals surface area contributed by atoms with Gasteiger partial charge in [0.05, 0.1) is 5.69 Å². The number of aryl methyl sites for hydroxylation is 1. The zero-order chi connectivity index (χ0) is 13.8. The molecule has 0 spiro atoms. The van der Waals surface area contributed by atoms with Crippen LogP contribution in [-0.2, 0) is 6.42 Å². The first-order valence-electron chi connectivity index (χ1n) is 5.74. The van der Waals surface area contributed by atoms with Crippen molar-refractivity contribution in [2.75, 3.05) is 5.32 Å². The third kappa shape index (κ3) is 2.63. The normalized spacial score (nSPS) is 9.95. The Hall–Kier alpha value is -2.61. The number of hydrogen-bond donors (Lipinski definition) is 1. The number of anilines is 1. The van der Waals surface area contributed by atoms with Gasteiger partial charge in [-0.3, -0.25) is 4.79 Å². The quantitative estimate of drug-likeness (QED) is 0.919. The lowest BCUT2D eigenvalue weighted by Crippen LogP contribution is -2.12. The smallest absolute Gasteiger partial charge is 0.291 e. The monoisotopic (exact) mass is 258 g/mol. The van der Waals surface area contributed by atoms with E-state index in [0.717, 1.165) is 6.07 Å². The van der Waals surface area contributed by atoms with Crippen molar-refractivity contribution in [1.29, 1.82) is 5.26 Å². The molecule has 2 rings (SSSR count). The molecule has 1 aromatic carbocycles. The Kier molecular flexibility index (Phi) is 3.62. The van der Waals surface area contributed by atoms with Gasteiger partial charge in [0, 0.05) is 6.42 Å². The van der Waals surface area contributed by atoms with E-state index in [-0.39, 0.29) is 17.0 Å². The van der Waals surface area contributed by atoms with E-state index in [2.05, 4.69) is 5.32 Å². The van der Waals surface area contributed by atoms with Crippen LogP contribution in [0.15, 0.2) is 34.7 Å². The van der Waals surface area contributed by atoms with E-state index >= 15 is 0 Å². The Morgan fingerprint density at radius 2 is 2.21 bits per heavy atom. The molecule has 0 aliphatic heterocycles. The van der Waals surface area contributed by atoms with Crippen molar-refractivity contribution in [3.63, 3.8) is 0 Å². The van der Waals surface area contributed by atoms with Crippen molar-refractivity contribution in [3.05, 3.63) is 53.2 Å². The fraction of sp³-hybridized carbons (Fsp3) is 0.143. The molecule has 0 aliphatic carbocycles. The van der Waals surface area contributed by atoms with Gasteiger partial charge in [0.15, 0.2) is 5.76 Å². The predicted molar refractivity (Wildman–Crippen MR) is 67.2 cm³/mol. The number of carbonyl (C=O) groups excluding carboxylic acids is 1. The molecule has 0 aliphatic rings. The fourth-order valence-electron chi connectivity index (χ4n) is 1.62. The van der Waals surface area contributed by atoms with Crippen LogP contribution in [0.5, 0.6) is 0 Å². The van der Waals surface area contributed by atoms with Gasteiger partial charge >= 0.3 is 0 Å². The molecule has 0 saturated carbocycles. The minimum absolute atomic E-state index is 0.127. The van der Waals surface area contributed by atoms with Crippen LogP contribution in [0.1, 0.15) is 28.8 Å². The molecule has 0 bridgehead atoms. The summed E-state index contributed by atoms with van der Waals surface area (Å²) in [7, 11) is 0. The molecule has 5 heteroatoms. The number of halogens is 1. The molecule has 1 amide bonds. The maximum atomic E-state index is 13.4. The van der Waals surface area contributed by atoms with Crippen molar-refractivity contribution in [1.82, 2.24) is 0 Å². The molecule has 0 atom stereocenters. The number of carbonyl (C=O) groups is 1. The molecule has 1 N–H and O–H groups in total. The van der Waals surface area contributed by atoms with Crippen molar-refractivity contribution in [3.8, 4) is 6.07 Å². The highest BCUT2D eigenvalue weighted by atomic mass is 19.1. The number of amides is 1. The molecule has 96 valence electrons. The van der Waals surface area contributed by atoms with E-state index in [9.17, 15) is 9.18 Å². The van der Waals surface area contributed by atoms with Gasteiger partial charge in [0.1, 0.15) is 23.2 Å². The van der Waals surface area contributed by atoms with Gasteiger partial charge in [-0.1, -0.05) is 13.0 Å². The van der Waals surface area contributed by atoms with Gasteiger partial charge in [0.2, 0.25) is 0 Å². The van der Waals surface area contributed by atoms with E-state index < -0.39 is 11.7 Å². The van der Waals surface area contributed by atoms with Gasteiger partial charge in [0.25, 0.3) is 5.91 Å². The Bertz CT molecular complexity index is 656. The molecule has 1 aromatic heterocycles. The van der Waals surface area contributed by atoms with Crippen LogP contribution in [0.2, 0.25) is 0 Å². The zero-order valence-electron chi connectivity index (χ0n) is 10.2. The summed E-state index contributed by atoms with van der Waals surface area (Å²) >= 11 is 0. The van der Waals surface area contributed by atoms with E-state index in [4.69, 9.17) is 9.68 Å². The molecule has 19 heavy (non-hydrogen) atoms. The molecule has 0 radical (unpaired) electrons. The van der Waals surface area contributed by atoms with Crippen molar-refractivity contribution in [2.24, 2.45) is 0 Å². The van der Waals surface area contributed by atoms with Crippen molar-refractivity contribution < 1.29 is 13.6 Å². The Morgan fingerprint density at radius 1 is 1.42 bits per heavy atom. The summed E-state index contributed by atoms with van der Waals surface area (Å²) < 4.78 is 18.6. The highest BCUT2D eigenvalue weighted by Gasteiger charge is 2.14. The van der Waals surface area contributed by atoms with Gasteiger partial charge in [-0.25, -0.2) is 4.39 Å². The lowest BCUT2D eigenvalue weighted by atomic mass is 10.2. The maximum absolute atomic E-state index is 13.4. The van der Waals surface area contributed by atoms with Crippen LogP contribution in [0.4, 0.5) is 10.1 Å². The Morgan fingerprint density at radius 3 is 2.84 bits per heavy atom. The number of nitriles is 1. The number of hydrogen-bond acceptors (Lipinski definition) is 3. The SMILES string of the molecule is CCc1ccc(C(=O)Nc2cccc(F)c2C#N)o1. The number of nitrogens with one attached hydrogen (secondary N) is 1. The molecule has 0 saturated heterocycles. The number of benzene rings is 1. The van der Waals surface area contributed by atoms with Gasteiger partial charge in [-0.05, 0) is 24.3 Å². The second-order valence-electron chi connectivity index (χ2n) is 3.85. The molecular weight excluding hydrogens is 247 g/mol. The molecule has 2 aromatic rings.